The fourth-order valence-corrected chi connectivity index (χ4v) is 2.36. The Balaban J connectivity index is 2.15. The Hall–Kier alpha value is -0.570. The van der Waals surface area contributed by atoms with E-state index in [-0.39, 0.29) is 0 Å². The van der Waals surface area contributed by atoms with Crippen molar-refractivity contribution in [2.24, 2.45) is 11.8 Å². The highest BCUT2D eigenvalue weighted by Crippen LogP contribution is 2.22. The maximum absolute atomic E-state index is 10.5. The Bertz CT molecular complexity index is 210. The molecule has 1 aliphatic heterocycles. The summed E-state index contributed by atoms with van der Waals surface area (Å²) in [6.07, 6.45) is 4.83. The average molecular weight is 227 g/mol. The average Bonchev–Trinajstić information content (AvgIpc) is 2.28. The van der Waals surface area contributed by atoms with E-state index in [0.717, 1.165) is 25.4 Å². The molecule has 1 rings (SSSR count). The van der Waals surface area contributed by atoms with Crippen LogP contribution in [0.2, 0.25) is 0 Å². The van der Waals surface area contributed by atoms with E-state index in [1.165, 1.54) is 25.8 Å². The van der Waals surface area contributed by atoms with E-state index in [2.05, 4.69) is 18.7 Å². The third-order valence-corrected chi connectivity index (χ3v) is 3.74. The van der Waals surface area contributed by atoms with E-state index < -0.39 is 5.97 Å². The molecule has 3 heteroatoms. The molecule has 0 bridgehead atoms. The van der Waals surface area contributed by atoms with Crippen molar-refractivity contribution < 1.29 is 9.90 Å². The van der Waals surface area contributed by atoms with Gasteiger partial charge in [-0.2, -0.15) is 0 Å². The molecule has 0 spiro atoms. The number of nitrogens with zero attached hydrogens (tertiary/aromatic N) is 1. The molecule has 0 aromatic heterocycles. The largest absolute Gasteiger partial charge is 0.481 e. The number of carboxylic acid groups (broad SMARTS) is 1. The zero-order valence-electron chi connectivity index (χ0n) is 10.6. The normalized spacial score (nSPS) is 20.9. The summed E-state index contributed by atoms with van der Waals surface area (Å²) in [6, 6.07) is 0. The maximum atomic E-state index is 10.5. The Kier molecular flexibility index (Phi) is 5.81. The fraction of sp³-hybridized carbons (Fsp3) is 0.923. The van der Waals surface area contributed by atoms with Crippen LogP contribution in [0.3, 0.4) is 0 Å². The van der Waals surface area contributed by atoms with Crippen molar-refractivity contribution >= 4 is 5.97 Å². The lowest BCUT2D eigenvalue weighted by Crippen LogP contribution is -2.36. The van der Waals surface area contributed by atoms with Crippen LogP contribution in [0.5, 0.6) is 0 Å². The third-order valence-electron chi connectivity index (χ3n) is 3.74. The van der Waals surface area contributed by atoms with Crippen molar-refractivity contribution in [3.63, 3.8) is 0 Å². The number of aliphatic carboxylic acids is 1. The SMILES string of the molecule is CCC(C)CN1CCC(CCC(=O)O)CC1. The third kappa shape index (κ3) is 4.97. The van der Waals surface area contributed by atoms with Gasteiger partial charge in [-0.05, 0) is 44.2 Å². The number of hydrogen-bond donors (Lipinski definition) is 1. The van der Waals surface area contributed by atoms with Gasteiger partial charge >= 0.3 is 5.97 Å². The predicted octanol–water partition coefficient (Wildman–Crippen LogP) is 2.61. The van der Waals surface area contributed by atoms with Gasteiger partial charge in [0.1, 0.15) is 0 Å². The first-order valence-electron chi connectivity index (χ1n) is 6.56. The molecule has 0 amide bonds. The van der Waals surface area contributed by atoms with E-state index >= 15 is 0 Å². The van der Waals surface area contributed by atoms with Gasteiger partial charge in [0.15, 0.2) is 0 Å². The van der Waals surface area contributed by atoms with E-state index in [0.29, 0.717) is 12.3 Å². The molecule has 0 saturated carbocycles. The number of rotatable bonds is 6. The van der Waals surface area contributed by atoms with E-state index in [4.69, 9.17) is 5.11 Å². The molecule has 0 aromatic rings. The second kappa shape index (κ2) is 6.89. The zero-order valence-corrected chi connectivity index (χ0v) is 10.6. The van der Waals surface area contributed by atoms with Crippen molar-refractivity contribution in [3.8, 4) is 0 Å². The molecule has 94 valence electrons. The number of likely N-dealkylation sites (tertiary alicyclic amines) is 1. The van der Waals surface area contributed by atoms with Crippen LogP contribution in [0.25, 0.3) is 0 Å². The minimum Gasteiger partial charge on any atom is -0.481 e. The predicted molar refractivity (Wildman–Crippen MR) is 65.5 cm³/mol. The zero-order chi connectivity index (χ0) is 12.0. The topological polar surface area (TPSA) is 40.5 Å². The van der Waals surface area contributed by atoms with Crippen LogP contribution < -0.4 is 0 Å². The van der Waals surface area contributed by atoms with Crippen molar-refractivity contribution in [1.29, 1.82) is 0 Å². The summed E-state index contributed by atoms with van der Waals surface area (Å²) in [5, 5.41) is 8.64. The molecule has 1 atom stereocenters. The summed E-state index contributed by atoms with van der Waals surface area (Å²) in [6.45, 7) is 8.08. The minimum atomic E-state index is -0.651. The van der Waals surface area contributed by atoms with Gasteiger partial charge in [0, 0.05) is 13.0 Å². The molecular weight excluding hydrogens is 202 g/mol. The highest BCUT2D eigenvalue weighted by atomic mass is 16.4. The number of carboxylic acids is 1. The van der Waals surface area contributed by atoms with Gasteiger partial charge in [0.05, 0.1) is 0 Å². The summed E-state index contributed by atoms with van der Waals surface area (Å²) < 4.78 is 0. The molecule has 3 nitrogen and oxygen atoms in total. The second-order valence-corrected chi connectivity index (χ2v) is 5.19. The van der Waals surface area contributed by atoms with Crippen molar-refractivity contribution in [2.75, 3.05) is 19.6 Å². The number of carbonyl (C=O) groups is 1. The van der Waals surface area contributed by atoms with Crippen LogP contribution in [0.4, 0.5) is 0 Å². The summed E-state index contributed by atoms with van der Waals surface area (Å²) in [5.74, 6) is 0.780. The Morgan fingerprint density at radius 3 is 2.56 bits per heavy atom. The Morgan fingerprint density at radius 2 is 2.06 bits per heavy atom. The molecule has 1 unspecified atom stereocenters. The summed E-state index contributed by atoms with van der Waals surface area (Å²) in [4.78, 5) is 13.0. The monoisotopic (exact) mass is 227 g/mol. The van der Waals surface area contributed by atoms with Gasteiger partial charge in [-0.25, -0.2) is 0 Å². The van der Waals surface area contributed by atoms with Gasteiger partial charge in [-0.15, -0.1) is 0 Å². The summed E-state index contributed by atoms with van der Waals surface area (Å²) in [7, 11) is 0. The lowest BCUT2D eigenvalue weighted by Gasteiger charge is -2.33. The highest BCUT2D eigenvalue weighted by Gasteiger charge is 2.20. The summed E-state index contributed by atoms with van der Waals surface area (Å²) in [5.41, 5.74) is 0. The smallest absolute Gasteiger partial charge is 0.303 e. The molecule has 0 aromatic carbocycles. The lowest BCUT2D eigenvalue weighted by molar-refractivity contribution is -0.137. The van der Waals surface area contributed by atoms with Gasteiger partial charge in [0.2, 0.25) is 0 Å². The molecular formula is C13H25NO2. The second-order valence-electron chi connectivity index (χ2n) is 5.19. The van der Waals surface area contributed by atoms with Crippen molar-refractivity contribution in [3.05, 3.63) is 0 Å². The van der Waals surface area contributed by atoms with Crippen molar-refractivity contribution in [1.82, 2.24) is 4.90 Å². The van der Waals surface area contributed by atoms with Gasteiger partial charge < -0.3 is 10.0 Å². The molecule has 1 aliphatic rings. The molecule has 1 heterocycles. The van der Waals surface area contributed by atoms with Crippen LogP contribution in [-0.2, 0) is 4.79 Å². The molecule has 16 heavy (non-hydrogen) atoms. The van der Waals surface area contributed by atoms with Crippen LogP contribution in [0, 0.1) is 11.8 Å². The first kappa shape index (κ1) is 13.5. The first-order chi connectivity index (χ1) is 7.61. The van der Waals surface area contributed by atoms with Crippen LogP contribution in [-0.4, -0.2) is 35.6 Å². The van der Waals surface area contributed by atoms with Gasteiger partial charge in [0.25, 0.3) is 0 Å². The Labute approximate surface area is 98.8 Å². The van der Waals surface area contributed by atoms with E-state index in [9.17, 15) is 4.79 Å². The number of piperidine rings is 1. The lowest BCUT2D eigenvalue weighted by atomic mass is 9.91. The van der Waals surface area contributed by atoms with Crippen molar-refractivity contribution in [2.45, 2.75) is 46.0 Å². The minimum absolute atomic E-state index is 0.343. The molecule has 1 N–H and O–H groups in total. The number of hydrogen-bond acceptors (Lipinski definition) is 2. The Morgan fingerprint density at radius 1 is 1.44 bits per heavy atom. The molecule has 1 fully saturated rings. The standard InChI is InChI=1S/C13H25NO2/c1-3-11(2)10-14-8-6-12(7-9-14)4-5-13(15)16/h11-12H,3-10H2,1-2H3,(H,15,16). The van der Waals surface area contributed by atoms with Crippen LogP contribution in [0.15, 0.2) is 0 Å². The quantitative estimate of drug-likeness (QED) is 0.758. The van der Waals surface area contributed by atoms with Gasteiger partial charge in [-0.1, -0.05) is 20.3 Å². The first-order valence-corrected chi connectivity index (χ1v) is 6.56. The van der Waals surface area contributed by atoms with Crippen LogP contribution >= 0.6 is 0 Å². The molecule has 0 radical (unpaired) electrons. The van der Waals surface area contributed by atoms with E-state index in [1.54, 1.807) is 0 Å². The highest BCUT2D eigenvalue weighted by molar-refractivity contribution is 5.66. The molecule has 1 saturated heterocycles. The summed E-state index contributed by atoms with van der Waals surface area (Å²) >= 11 is 0. The van der Waals surface area contributed by atoms with E-state index in [1.807, 2.05) is 0 Å². The van der Waals surface area contributed by atoms with Gasteiger partial charge in [-0.3, -0.25) is 4.79 Å². The van der Waals surface area contributed by atoms with Crippen LogP contribution in [0.1, 0.15) is 46.0 Å². The molecule has 0 aliphatic carbocycles. The maximum Gasteiger partial charge on any atom is 0.303 e. The fourth-order valence-electron chi connectivity index (χ4n) is 2.36.